The number of nitrogens with zero attached hydrogens (tertiary/aromatic N) is 4. The first-order valence-corrected chi connectivity index (χ1v) is 6.97. The minimum atomic E-state index is 0.476. The summed E-state index contributed by atoms with van der Waals surface area (Å²) >= 11 is 0. The lowest BCUT2D eigenvalue weighted by molar-refractivity contribution is 0.377. The third-order valence-electron chi connectivity index (χ3n) is 3.94. The summed E-state index contributed by atoms with van der Waals surface area (Å²) in [5.74, 6) is 0.981. The number of imidazole rings is 1. The van der Waals surface area contributed by atoms with Crippen molar-refractivity contribution < 1.29 is 0 Å². The van der Waals surface area contributed by atoms with Gasteiger partial charge in [0, 0.05) is 25.2 Å². The predicted molar refractivity (Wildman–Crippen MR) is 75.2 cm³/mol. The summed E-state index contributed by atoms with van der Waals surface area (Å²) in [4.78, 5) is 18.5. The molecule has 0 amide bonds. The van der Waals surface area contributed by atoms with E-state index in [1.54, 1.807) is 12.7 Å². The minimum absolute atomic E-state index is 0.476. The predicted octanol–water partition coefficient (Wildman–Crippen LogP) is 1.32. The Kier molecular flexibility index (Phi) is 3.33. The molecule has 0 aliphatic carbocycles. The molecule has 1 saturated heterocycles. The van der Waals surface area contributed by atoms with Crippen molar-refractivity contribution in [3.8, 4) is 0 Å². The lowest BCUT2D eigenvalue weighted by Crippen LogP contribution is -2.56. The van der Waals surface area contributed by atoms with Gasteiger partial charge in [-0.2, -0.15) is 0 Å². The highest BCUT2D eigenvalue weighted by Crippen LogP contribution is 2.25. The molecule has 6 nitrogen and oxygen atoms in total. The Balaban J connectivity index is 1.99. The van der Waals surface area contributed by atoms with Crippen molar-refractivity contribution >= 4 is 17.0 Å². The zero-order chi connectivity index (χ0) is 13.2. The number of hydrogen-bond acceptors (Lipinski definition) is 5. The molecule has 0 aromatic carbocycles. The zero-order valence-corrected chi connectivity index (χ0v) is 11.4. The second-order valence-corrected chi connectivity index (χ2v) is 5.03. The molecule has 2 unspecified atom stereocenters. The molecule has 1 aliphatic rings. The second kappa shape index (κ2) is 5.13. The normalized spacial score (nSPS) is 24.0. The fourth-order valence-electron chi connectivity index (χ4n) is 2.73. The Labute approximate surface area is 112 Å². The van der Waals surface area contributed by atoms with Crippen LogP contribution in [0.15, 0.2) is 12.7 Å². The first-order valence-electron chi connectivity index (χ1n) is 6.97. The van der Waals surface area contributed by atoms with E-state index in [1.165, 1.54) is 0 Å². The largest absolute Gasteiger partial charge is 0.349 e. The van der Waals surface area contributed by atoms with Crippen molar-refractivity contribution in [1.82, 2.24) is 25.3 Å². The van der Waals surface area contributed by atoms with Crippen LogP contribution in [0.25, 0.3) is 11.2 Å². The van der Waals surface area contributed by atoms with Crippen LogP contribution < -0.4 is 10.2 Å². The molecular formula is C13H20N6. The van der Waals surface area contributed by atoms with Crippen LogP contribution in [0.1, 0.15) is 26.7 Å². The molecular weight excluding hydrogens is 240 g/mol. The zero-order valence-electron chi connectivity index (χ0n) is 11.4. The van der Waals surface area contributed by atoms with E-state index < -0.39 is 0 Å². The summed E-state index contributed by atoms with van der Waals surface area (Å²) in [6.45, 7) is 6.43. The maximum Gasteiger partial charge on any atom is 0.182 e. The second-order valence-electron chi connectivity index (χ2n) is 5.03. The van der Waals surface area contributed by atoms with Crippen LogP contribution in [-0.4, -0.2) is 45.1 Å². The Morgan fingerprint density at radius 3 is 2.95 bits per heavy atom. The number of fused-ring (bicyclic) bond motifs is 1. The van der Waals surface area contributed by atoms with E-state index in [-0.39, 0.29) is 0 Å². The summed E-state index contributed by atoms with van der Waals surface area (Å²) in [7, 11) is 0. The molecule has 102 valence electrons. The van der Waals surface area contributed by atoms with Crippen molar-refractivity contribution in [2.24, 2.45) is 0 Å². The Bertz CT molecular complexity index is 551. The topological polar surface area (TPSA) is 69.7 Å². The molecule has 0 bridgehead atoms. The highest BCUT2D eigenvalue weighted by molar-refractivity contribution is 5.82. The van der Waals surface area contributed by atoms with Crippen LogP contribution in [0.3, 0.4) is 0 Å². The minimum Gasteiger partial charge on any atom is -0.349 e. The van der Waals surface area contributed by atoms with Crippen LogP contribution in [0.5, 0.6) is 0 Å². The Morgan fingerprint density at radius 2 is 2.16 bits per heavy atom. The number of hydrogen-bond donors (Lipinski definition) is 2. The maximum absolute atomic E-state index is 4.49. The first kappa shape index (κ1) is 12.3. The van der Waals surface area contributed by atoms with E-state index in [4.69, 9.17) is 0 Å². The molecule has 1 fully saturated rings. The first-order chi connectivity index (χ1) is 9.33. The lowest BCUT2D eigenvalue weighted by atomic mass is 10.1. The molecule has 3 rings (SSSR count). The number of anilines is 1. The van der Waals surface area contributed by atoms with Crippen LogP contribution in [0.2, 0.25) is 0 Å². The maximum atomic E-state index is 4.49. The van der Waals surface area contributed by atoms with Crippen LogP contribution in [0.4, 0.5) is 5.82 Å². The van der Waals surface area contributed by atoms with Crippen molar-refractivity contribution in [2.45, 2.75) is 38.8 Å². The summed E-state index contributed by atoms with van der Waals surface area (Å²) in [6, 6.07) is 1.000. The van der Waals surface area contributed by atoms with Gasteiger partial charge in [-0.1, -0.05) is 13.8 Å². The molecule has 6 heteroatoms. The lowest BCUT2D eigenvalue weighted by Gasteiger charge is -2.40. The Morgan fingerprint density at radius 1 is 1.26 bits per heavy atom. The number of piperazine rings is 1. The van der Waals surface area contributed by atoms with E-state index in [0.717, 1.165) is 42.9 Å². The van der Waals surface area contributed by atoms with Crippen LogP contribution in [-0.2, 0) is 0 Å². The average molecular weight is 260 g/mol. The molecule has 0 radical (unpaired) electrons. The van der Waals surface area contributed by atoms with Crippen molar-refractivity contribution in [3.05, 3.63) is 12.7 Å². The fraction of sp³-hybridized carbons (Fsp3) is 0.615. The summed E-state index contributed by atoms with van der Waals surface area (Å²) in [6.07, 6.45) is 5.52. The van der Waals surface area contributed by atoms with E-state index >= 15 is 0 Å². The quantitative estimate of drug-likeness (QED) is 0.871. The van der Waals surface area contributed by atoms with Gasteiger partial charge in [-0.15, -0.1) is 0 Å². The molecule has 3 heterocycles. The van der Waals surface area contributed by atoms with Gasteiger partial charge in [-0.25, -0.2) is 15.0 Å². The highest BCUT2D eigenvalue weighted by atomic mass is 15.3. The van der Waals surface area contributed by atoms with Gasteiger partial charge in [0.25, 0.3) is 0 Å². The highest BCUT2D eigenvalue weighted by Gasteiger charge is 2.28. The third-order valence-corrected chi connectivity index (χ3v) is 3.94. The number of aromatic amines is 1. The standard InChI is InChI=1S/C13H20N6/c1-3-9-6-19(10(4-2)5-14-9)13-11-12(16-7-15-11)17-8-18-13/h7-10,14H,3-6H2,1-2H3,(H,15,16,17,18). The van der Waals surface area contributed by atoms with Crippen molar-refractivity contribution in [2.75, 3.05) is 18.0 Å². The SMILES string of the molecule is CCC1CN(c2ncnc3nc[nH]c23)C(CC)CN1. The van der Waals surface area contributed by atoms with Crippen LogP contribution in [0, 0.1) is 0 Å². The molecule has 2 aromatic rings. The number of H-pyrrole nitrogens is 1. The summed E-state index contributed by atoms with van der Waals surface area (Å²) in [5.41, 5.74) is 1.68. The number of aromatic nitrogens is 4. The number of rotatable bonds is 3. The molecule has 0 spiro atoms. The summed E-state index contributed by atoms with van der Waals surface area (Å²) in [5, 5.41) is 3.60. The van der Waals surface area contributed by atoms with Gasteiger partial charge in [0.2, 0.25) is 0 Å². The van der Waals surface area contributed by atoms with Gasteiger partial charge < -0.3 is 15.2 Å². The average Bonchev–Trinajstić information content (AvgIpc) is 2.94. The van der Waals surface area contributed by atoms with Gasteiger partial charge in [0.15, 0.2) is 11.5 Å². The van der Waals surface area contributed by atoms with Crippen molar-refractivity contribution in [3.63, 3.8) is 0 Å². The summed E-state index contributed by atoms with van der Waals surface area (Å²) < 4.78 is 0. The van der Waals surface area contributed by atoms with Gasteiger partial charge >= 0.3 is 0 Å². The van der Waals surface area contributed by atoms with Gasteiger partial charge in [-0.3, -0.25) is 0 Å². The van der Waals surface area contributed by atoms with Gasteiger partial charge in [0.05, 0.1) is 6.33 Å². The molecule has 2 N–H and O–H groups in total. The van der Waals surface area contributed by atoms with Gasteiger partial charge in [0.1, 0.15) is 11.8 Å². The molecule has 19 heavy (non-hydrogen) atoms. The third kappa shape index (κ3) is 2.16. The molecule has 0 saturated carbocycles. The van der Waals surface area contributed by atoms with Crippen LogP contribution >= 0.6 is 0 Å². The van der Waals surface area contributed by atoms with E-state index in [9.17, 15) is 0 Å². The monoisotopic (exact) mass is 260 g/mol. The molecule has 2 aromatic heterocycles. The van der Waals surface area contributed by atoms with E-state index in [0.29, 0.717) is 12.1 Å². The van der Waals surface area contributed by atoms with Crippen molar-refractivity contribution in [1.29, 1.82) is 0 Å². The fourth-order valence-corrected chi connectivity index (χ4v) is 2.73. The molecule has 2 atom stereocenters. The Hall–Kier alpha value is -1.69. The molecule has 1 aliphatic heterocycles. The smallest absolute Gasteiger partial charge is 0.182 e. The number of nitrogens with one attached hydrogen (secondary N) is 2. The van der Waals surface area contributed by atoms with E-state index in [2.05, 4.69) is 44.0 Å². The van der Waals surface area contributed by atoms with E-state index in [1.807, 2.05) is 0 Å². The van der Waals surface area contributed by atoms with Gasteiger partial charge in [-0.05, 0) is 12.8 Å².